The minimum absolute atomic E-state index is 0.182. The molecule has 1 unspecified atom stereocenters. The van der Waals surface area contributed by atoms with E-state index in [2.05, 4.69) is 46.3 Å². The third kappa shape index (κ3) is 4.47. The lowest BCUT2D eigenvalue weighted by molar-refractivity contribution is -0.135. The Balaban J connectivity index is 1.42. The molecule has 5 nitrogen and oxygen atoms in total. The van der Waals surface area contributed by atoms with Crippen molar-refractivity contribution in [3.63, 3.8) is 0 Å². The molecule has 164 valence electrons. The van der Waals surface area contributed by atoms with E-state index >= 15 is 0 Å². The number of halogens is 1. The smallest absolute Gasteiger partial charge is 0.281 e. The fourth-order valence-electron chi connectivity index (χ4n) is 3.93. The Labute approximate surface area is 203 Å². The number of carbonyl (C=O) groups is 2. The topological polar surface area (TPSA) is 59.0 Å². The van der Waals surface area contributed by atoms with Crippen molar-refractivity contribution in [2.24, 2.45) is 5.10 Å². The number of hydrogen-bond donors (Lipinski definition) is 0. The first-order valence-electron chi connectivity index (χ1n) is 10.4. The van der Waals surface area contributed by atoms with Gasteiger partial charge in [-0.05, 0) is 52.0 Å². The average molecular weight is 519 g/mol. The summed E-state index contributed by atoms with van der Waals surface area (Å²) < 4.78 is 6.48. The van der Waals surface area contributed by atoms with Crippen LogP contribution in [-0.2, 0) is 4.79 Å². The molecule has 7 heteroatoms. The van der Waals surface area contributed by atoms with Crippen LogP contribution in [-0.4, -0.2) is 29.5 Å². The fourth-order valence-corrected chi connectivity index (χ4v) is 5.13. The van der Waals surface area contributed by atoms with Gasteiger partial charge in [-0.1, -0.05) is 58.4 Å². The van der Waals surface area contributed by atoms with Crippen molar-refractivity contribution < 1.29 is 14.3 Å². The van der Waals surface area contributed by atoms with Gasteiger partial charge in [0.05, 0.1) is 17.3 Å². The van der Waals surface area contributed by atoms with E-state index in [-0.39, 0.29) is 18.6 Å². The summed E-state index contributed by atoms with van der Waals surface area (Å²) in [4.78, 5) is 25.6. The lowest BCUT2D eigenvalue weighted by atomic mass is 10.00. The van der Waals surface area contributed by atoms with Crippen LogP contribution in [0.1, 0.15) is 33.3 Å². The maximum Gasteiger partial charge on any atom is 0.281 e. The van der Waals surface area contributed by atoms with Gasteiger partial charge in [-0.15, -0.1) is 11.3 Å². The van der Waals surface area contributed by atoms with Gasteiger partial charge in [0.1, 0.15) is 5.75 Å². The van der Waals surface area contributed by atoms with Gasteiger partial charge in [0.2, 0.25) is 0 Å². The third-order valence-electron chi connectivity index (χ3n) is 5.57. The van der Waals surface area contributed by atoms with Gasteiger partial charge in [-0.2, -0.15) is 5.10 Å². The molecule has 1 aromatic heterocycles. The van der Waals surface area contributed by atoms with Crippen LogP contribution in [0.2, 0.25) is 0 Å². The molecule has 1 amide bonds. The summed E-state index contributed by atoms with van der Waals surface area (Å²) in [5, 5.41) is 10.5. The van der Waals surface area contributed by atoms with Crippen molar-refractivity contribution in [3.05, 3.63) is 98.7 Å². The number of hydrogen-bond acceptors (Lipinski definition) is 5. The average Bonchev–Trinajstić information content (AvgIpc) is 3.53. The molecule has 1 atom stereocenters. The Morgan fingerprint density at radius 3 is 2.73 bits per heavy atom. The fraction of sp³-hybridized carbons (Fsp3) is 0.115. The number of aldehydes is 1. The van der Waals surface area contributed by atoms with Crippen LogP contribution in [0.15, 0.2) is 87.8 Å². The van der Waals surface area contributed by atoms with Gasteiger partial charge in [0.15, 0.2) is 12.9 Å². The second-order valence-electron chi connectivity index (χ2n) is 7.67. The van der Waals surface area contributed by atoms with E-state index in [1.165, 1.54) is 5.01 Å². The molecule has 1 aliphatic heterocycles. The highest BCUT2D eigenvalue weighted by molar-refractivity contribution is 9.10. The molecular weight excluding hydrogens is 500 g/mol. The van der Waals surface area contributed by atoms with Crippen molar-refractivity contribution in [2.75, 3.05) is 6.61 Å². The van der Waals surface area contributed by atoms with Crippen LogP contribution in [0, 0.1) is 0 Å². The van der Waals surface area contributed by atoms with Gasteiger partial charge in [0, 0.05) is 15.8 Å². The number of thiophene rings is 1. The number of ether oxygens (including phenoxy) is 1. The predicted octanol–water partition coefficient (Wildman–Crippen LogP) is 6.23. The number of amides is 1. The van der Waals surface area contributed by atoms with Crippen molar-refractivity contribution in [3.8, 4) is 5.75 Å². The normalized spacial score (nSPS) is 15.5. The largest absolute Gasteiger partial charge is 0.483 e. The second-order valence-corrected chi connectivity index (χ2v) is 9.57. The van der Waals surface area contributed by atoms with E-state index in [0.717, 1.165) is 31.4 Å². The first kappa shape index (κ1) is 21.6. The highest BCUT2D eigenvalue weighted by Crippen LogP contribution is 2.35. The third-order valence-corrected chi connectivity index (χ3v) is 7.04. The molecule has 0 saturated carbocycles. The second kappa shape index (κ2) is 9.29. The molecule has 0 N–H and O–H groups in total. The Morgan fingerprint density at radius 1 is 1.09 bits per heavy atom. The van der Waals surface area contributed by atoms with E-state index in [9.17, 15) is 9.59 Å². The Kier molecular flexibility index (Phi) is 6.07. The first-order valence-corrected chi connectivity index (χ1v) is 12.1. The summed E-state index contributed by atoms with van der Waals surface area (Å²) in [6, 6.07) is 23.3. The molecule has 0 saturated heterocycles. The molecule has 33 heavy (non-hydrogen) atoms. The molecule has 0 aliphatic carbocycles. The lowest BCUT2D eigenvalue weighted by Gasteiger charge is -2.21. The van der Waals surface area contributed by atoms with Crippen LogP contribution >= 0.6 is 27.3 Å². The maximum absolute atomic E-state index is 13.2. The molecule has 0 spiro atoms. The highest BCUT2D eigenvalue weighted by atomic mass is 79.9. The van der Waals surface area contributed by atoms with Crippen LogP contribution in [0.5, 0.6) is 5.75 Å². The summed E-state index contributed by atoms with van der Waals surface area (Å²) in [7, 11) is 0. The van der Waals surface area contributed by atoms with Crippen molar-refractivity contribution in [2.45, 2.75) is 12.5 Å². The molecular formula is C26H19BrN2O3S. The van der Waals surface area contributed by atoms with Crippen molar-refractivity contribution in [1.29, 1.82) is 0 Å². The molecule has 1 aliphatic rings. The minimum Gasteiger partial charge on any atom is -0.483 e. The summed E-state index contributed by atoms with van der Waals surface area (Å²) in [5.74, 6) is 0.108. The number of fused-ring (bicyclic) bond motifs is 1. The Hall–Kier alpha value is -3.29. The van der Waals surface area contributed by atoms with E-state index in [1.54, 1.807) is 29.5 Å². The van der Waals surface area contributed by atoms with Crippen LogP contribution in [0.4, 0.5) is 0 Å². The number of rotatable bonds is 6. The van der Waals surface area contributed by atoms with Gasteiger partial charge in [-0.3, -0.25) is 9.59 Å². The van der Waals surface area contributed by atoms with Crippen LogP contribution < -0.4 is 4.74 Å². The minimum atomic E-state index is -0.260. The van der Waals surface area contributed by atoms with Crippen LogP contribution in [0.25, 0.3) is 10.8 Å². The molecule has 0 radical (unpaired) electrons. The highest BCUT2D eigenvalue weighted by Gasteiger charge is 2.34. The molecule has 4 aromatic rings. The van der Waals surface area contributed by atoms with Gasteiger partial charge >= 0.3 is 0 Å². The van der Waals surface area contributed by atoms with Crippen molar-refractivity contribution in [1.82, 2.24) is 5.01 Å². The van der Waals surface area contributed by atoms with Crippen LogP contribution in [0.3, 0.4) is 0 Å². The maximum atomic E-state index is 13.2. The summed E-state index contributed by atoms with van der Waals surface area (Å²) >= 11 is 4.94. The van der Waals surface area contributed by atoms with Gasteiger partial charge in [-0.25, -0.2) is 5.01 Å². The van der Waals surface area contributed by atoms with E-state index in [0.29, 0.717) is 24.0 Å². The SMILES string of the molecule is O=Cc1cc(Br)ccc1OCC(=O)N1N=C(c2ccc3ccccc3c2)CC1c1cccs1. The summed E-state index contributed by atoms with van der Waals surface area (Å²) in [5.41, 5.74) is 2.25. The van der Waals surface area contributed by atoms with Gasteiger partial charge < -0.3 is 4.74 Å². The molecule has 2 heterocycles. The number of benzene rings is 3. The Bertz CT molecular complexity index is 1370. The zero-order valence-electron chi connectivity index (χ0n) is 17.5. The number of carbonyl (C=O) groups excluding carboxylic acids is 2. The molecule has 0 fully saturated rings. The Morgan fingerprint density at radius 2 is 1.94 bits per heavy atom. The summed E-state index contributed by atoms with van der Waals surface area (Å²) in [6.45, 7) is -0.209. The van der Waals surface area contributed by atoms with E-state index < -0.39 is 0 Å². The van der Waals surface area contributed by atoms with Gasteiger partial charge in [0.25, 0.3) is 5.91 Å². The molecule has 0 bridgehead atoms. The zero-order chi connectivity index (χ0) is 22.8. The number of nitrogens with zero attached hydrogens (tertiary/aromatic N) is 2. The van der Waals surface area contributed by atoms with Crippen molar-refractivity contribution >= 4 is 55.9 Å². The molecule has 5 rings (SSSR count). The number of hydrazone groups is 1. The zero-order valence-corrected chi connectivity index (χ0v) is 19.9. The first-order chi connectivity index (χ1) is 16.1. The quantitative estimate of drug-likeness (QED) is 0.284. The standard InChI is InChI=1S/C26H19BrN2O3S/c27-21-9-10-24(20(13-21)15-30)32-16-26(31)29-23(25-6-3-11-33-25)14-22(28-29)19-8-7-17-4-1-2-5-18(17)12-19/h1-13,15,23H,14,16H2. The van der Waals surface area contributed by atoms with E-state index in [4.69, 9.17) is 9.84 Å². The summed E-state index contributed by atoms with van der Waals surface area (Å²) in [6.07, 6.45) is 1.34. The predicted molar refractivity (Wildman–Crippen MR) is 134 cm³/mol. The lowest BCUT2D eigenvalue weighted by Crippen LogP contribution is -2.31. The molecule has 3 aromatic carbocycles. The van der Waals surface area contributed by atoms with E-state index in [1.807, 2.05) is 29.6 Å². The monoisotopic (exact) mass is 518 g/mol.